The lowest BCUT2D eigenvalue weighted by atomic mass is 9.96. The Balaban J connectivity index is 1.86. The van der Waals surface area contributed by atoms with E-state index in [4.69, 9.17) is 0 Å². The van der Waals surface area contributed by atoms with E-state index in [2.05, 4.69) is 4.90 Å². The summed E-state index contributed by atoms with van der Waals surface area (Å²) in [6, 6.07) is 7.75. The van der Waals surface area contributed by atoms with Gasteiger partial charge in [0.25, 0.3) is 0 Å². The SMILES string of the molecule is O=C1CCN(CC2(O)CCCC2)c2ccccc21. The molecule has 0 bridgehead atoms. The van der Waals surface area contributed by atoms with E-state index in [-0.39, 0.29) is 5.78 Å². The number of hydrogen-bond donors (Lipinski definition) is 1. The van der Waals surface area contributed by atoms with Gasteiger partial charge in [-0.1, -0.05) is 25.0 Å². The molecular weight excluding hydrogens is 226 g/mol. The molecule has 0 aromatic heterocycles. The molecule has 1 aliphatic carbocycles. The van der Waals surface area contributed by atoms with Gasteiger partial charge in [-0.3, -0.25) is 4.79 Å². The van der Waals surface area contributed by atoms with E-state index in [0.717, 1.165) is 43.5 Å². The van der Waals surface area contributed by atoms with Crippen molar-refractivity contribution < 1.29 is 9.90 Å². The molecule has 2 aliphatic rings. The summed E-state index contributed by atoms with van der Waals surface area (Å²) in [5, 5.41) is 10.5. The summed E-state index contributed by atoms with van der Waals surface area (Å²) < 4.78 is 0. The Morgan fingerprint density at radius 3 is 2.72 bits per heavy atom. The zero-order chi connectivity index (χ0) is 12.6. The van der Waals surface area contributed by atoms with Gasteiger partial charge in [0, 0.05) is 30.8 Å². The van der Waals surface area contributed by atoms with Crippen LogP contribution in [0.15, 0.2) is 24.3 Å². The molecule has 96 valence electrons. The third kappa shape index (κ3) is 2.03. The van der Waals surface area contributed by atoms with Crippen LogP contribution in [-0.4, -0.2) is 29.6 Å². The van der Waals surface area contributed by atoms with Crippen molar-refractivity contribution in [1.82, 2.24) is 0 Å². The summed E-state index contributed by atoms with van der Waals surface area (Å²) >= 11 is 0. The highest BCUT2D eigenvalue weighted by molar-refractivity contribution is 6.03. The molecule has 0 saturated heterocycles. The number of Topliss-reactive ketones (excluding diaryl/α,β-unsaturated/α-hetero) is 1. The third-order valence-corrected chi connectivity index (χ3v) is 4.17. The van der Waals surface area contributed by atoms with Crippen LogP contribution in [0.25, 0.3) is 0 Å². The van der Waals surface area contributed by atoms with Crippen molar-refractivity contribution in [2.24, 2.45) is 0 Å². The van der Waals surface area contributed by atoms with Gasteiger partial charge in [-0.25, -0.2) is 0 Å². The van der Waals surface area contributed by atoms with E-state index in [9.17, 15) is 9.90 Å². The van der Waals surface area contributed by atoms with Crippen molar-refractivity contribution in [1.29, 1.82) is 0 Å². The van der Waals surface area contributed by atoms with Crippen LogP contribution in [0.2, 0.25) is 0 Å². The molecule has 1 aromatic carbocycles. The quantitative estimate of drug-likeness (QED) is 0.869. The number of carbonyl (C=O) groups is 1. The molecule has 1 aromatic rings. The predicted octanol–water partition coefficient (Wildman–Crippen LogP) is 2.38. The molecule has 1 heterocycles. The second kappa shape index (κ2) is 4.39. The van der Waals surface area contributed by atoms with Crippen molar-refractivity contribution in [3.63, 3.8) is 0 Å². The highest BCUT2D eigenvalue weighted by Crippen LogP contribution is 2.34. The van der Waals surface area contributed by atoms with Crippen LogP contribution in [-0.2, 0) is 0 Å². The maximum absolute atomic E-state index is 11.9. The zero-order valence-corrected chi connectivity index (χ0v) is 10.6. The number of aliphatic hydroxyl groups is 1. The first kappa shape index (κ1) is 11.7. The molecular formula is C15H19NO2. The van der Waals surface area contributed by atoms with Crippen molar-refractivity contribution in [2.45, 2.75) is 37.7 Å². The molecule has 1 fully saturated rings. The Hall–Kier alpha value is -1.35. The summed E-state index contributed by atoms with van der Waals surface area (Å²) in [4.78, 5) is 14.0. The van der Waals surface area contributed by atoms with E-state index >= 15 is 0 Å². The third-order valence-electron chi connectivity index (χ3n) is 4.17. The fraction of sp³-hybridized carbons (Fsp3) is 0.533. The van der Waals surface area contributed by atoms with E-state index in [1.165, 1.54) is 0 Å². The van der Waals surface area contributed by atoms with Crippen LogP contribution in [0.5, 0.6) is 0 Å². The molecule has 3 rings (SSSR count). The second-order valence-electron chi connectivity index (χ2n) is 5.54. The van der Waals surface area contributed by atoms with Crippen LogP contribution < -0.4 is 4.90 Å². The number of hydrogen-bond acceptors (Lipinski definition) is 3. The molecule has 0 radical (unpaired) electrons. The second-order valence-corrected chi connectivity index (χ2v) is 5.54. The standard InChI is InChI=1S/C15H19NO2/c17-14-7-10-16(11-15(18)8-3-4-9-15)13-6-2-1-5-12(13)14/h1-2,5-6,18H,3-4,7-11H2. The molecule has 3 heteroatoms. The molecule has 0 spiro atoms. The fourth-order valence-corrected chi connectivity index (χ4v) is 3.19. The fourth-order valence-electron chi connectivity index (χ4n) is 3.19. The Labute approximate surface area is 107 Å². The average Bonchev–Trinajstić information content (AvgIpc) is 2.80. The van der Waals surface area contributed by atoms with Crippen molar-refractivity contribution in [2.75, 3.05) is 18.0 Å². The lowest BCUT2D eigenvalue weighted by Gasteiger charge is -2.36. The summed E-state index contributed by atoms with van der Waals surface area (Å²) in [6.45, 7) is 1.40. The first-order valence-electron chi connectivity index (χ1n) is 6.78. The van der Waals surface area contributed by atoms with Crippen molar-refractivity contribution in [3.05, 3.63) is 29.8 Å². The number of nitrogens with zero attached hydrogens (tertiary/aromatic N) is 1. The van der Waals surface area contributed by atoms with E-state index in [0.29, 0.717) is 13.0 Å². The number of para-hydroxylation sites is 1. The topological polar surface area (TPSA) is 40.5 Å². The number of ketones is 1. The normalized spacial score (nSPS) is 22.1. The summed E-state index contributed by atoms with van der Waals surface area (Å²) in [6.07, 6.45) is 4.57. The zero-order valence-electron chi connectivity index (χ0n) is 10.6. The minimum absolute atomic E-state index is 0.222. The van der Waals surface area contributed by atoms with E-state index < -0.39 is 5.60 Å². The molecule has 1 saturated carbocycles. The first-order chi connectivity index (χ1) is 8.68. The van der Waals surface area contributed by atoms with Gasteiger partial charge in [0.1, 0.15) is 0 Å². The van der Waals surface area contributed by atoms with Gasteiger partial charge in [-0.05, 0) is 25.0 Å². The lowest BCUT2D eigenvalue weighted by Crippen LogP contribution is -2.44. The highest BCUT2D eigenvalue weighted by atomic mass is 16.3. The van der Waals surface area contributed by atoms with E-state index in [1.807, 2.05) is 24.3 Å². The van der Waals surface area contributed by atoms with Gasteiger partial charge in [0.2, 0.25) is 0 Å². The van der Waals surface area contributed by atoms with Gasteiger partial charge < -0.3 is 10.0 Å². The molecule has 0 amide bonds. The van der Waals surface area contributed by atoms with Gasteiger partial charge in [0.15, 0.2) is 5.78 Å². The summed E-state index contributed by atoms with van der Waals surface area (Å²) in [5.74, 6) is 0.222. The van der Waals surface area contributed by atoms with Gasteiger partial charge >= 0.3 is 0 Å². The van der Waals surface area contributed by atoms with Gasteiger partial charge in [-0.15, -0.1) is 0 Å². The Bertz CT molecular complexity index is 463. The number of rotatable bonds is 2. The number of benzene rings is 1. The smallest absolute Gasteiger partial charge is 0.166 e. The summed E-state index contributed by atoms with van der Waals surface area (Å²) in [5.41, 5.74) is 1.26. The largest absolute Gasteiger partial charge is 0.388 e. The minimum atomic E-state index is -0.548. The Morgan fingerprint density at radius 2 is 1.94 bits per heavy atom. The van der Waals surface area contributed by atoms with Crippen LogP contribution >= 0.6 is 0 Å². The van der Waals surface area contributed by atoms with E-state index in [1.54, 1.807) is 0 Å². The maximum atomic E-state index is 11.9. The molecule has 18 heavy (non-hydrogen) atoms. The number of β-amino-alcohol motifs (C(OH)–C–C–N with tert-alkyl or cyclic N) is 1. The monoisotopic (exact) mass is 245 g/mol. The van der Waals surface area contributed by atoms with Crippen LogP contribution in [0.1, 0.15) is 42.5 Å². The number of carbonyl (C=O) groups excluding carboxylic acids is 1. The van der Waals surface area contributed by atoms with Gasteiger partial charge in [-0.2, -0.15) is 0 Å². The lowest BCUT2D eigenvalue weighted by molar-refractivity contribution is 0.0541. The van der Waals surface area contributed by atoms with Crippen LogP contribution in [0.3, 0.4) is 0 Å². The molecule has 3 nitrogen and oxygen atoms in total. The minimum Gasteiger partial charge on any atom is -0.388 e. The summed E-state index contributed by atoms with van der Waals surface area (Å²) in [7, 11) is 0. The average molecular weight is 245 g/mol. The van der Waals surface area contributed by atoms with Crippen LogP contribution in [0.4, 0.5) is 5.69 Å². The molecule has 0 atom stereocenters. The molecule has 1 N–H and O–H groups in total. The Kier molecular flexibility index (Phi) is 2.86. The number of fused-ring (bicyclic) bond motifs is 1. The molecule has 0 unspecified atom stereocenters. The number of anilines is 1. The first-order valence-corrected chi connectivity index (χ1v) is 6.78. The van der Waals surface area contributed by atoms with Crippen molar-refractivity contribution >= 4 is 11.5 Å². The molecule has 1 aliphatic heterocycles. The van der Waals surface area contributed by atoms with Gasteiger partial charge in [0.05, 0.1) is 5.60 Å². The highest BCUT2D eigenvalue weighted by Gasteiger charge is 2.35. The predicted molar refractivity (Wildman–Crippen MR) is 71.0 cm³/mol. The van der Waals surface area contributed by atoms with Crippen LogP contribution in [0, 0.1) is 0 Å². The van der Waals surface area contributed by atoms with Crippen molar-refractivity contribution in [3.8, 4) is 0 Å². The Morgan fingerprint density at radius 1 is 1.22 bits per heavy atom. The maximum Gasteiger partial charge on any atom is 0.166 e.